The van der Waals surface area contributed by atoms with Gasteiger partial charge >= 0.3 is 0 Å². The molecule has 19 heavy (non-hydrogen) atoms. The lowest BCUT2D eigenvalue weighted by Gasteiger charge is -2.08. The SMILES string of the molecule is N#Cc1ccc(CNc2c(F)c(F)cc(F)c2F)o1. The molecule has 1 N–H and O–H groups in total. The van der Waals surface area contributed by atoms with Crippen LogP contribution in [0.25, 0.3) is 0 Å². The molecule has 2 aromatic rings. The van der Waals surface area contributed by atoms with E-state index in [4.69, 9.17) is 9.68 Å². The minimum Gasteiger partial charge on any atom is -0.449 e. The number of nitriles is 1. The minimum atomic E-state index is -1.52. The molecule has 0 amide bonds. The van der Waals surface area contributed by atoms with Gasteiger partial charge in [-0.1, -0.05) is 0 Å². The van der Waals surface area contributed by atoms with Crippen molar-refractivity contribution in [3.63, 3.8) is 0 Å². The summed E-state index contributed by atoms with van der Waals surface area (Å²) in [7, 11) is 0. The predicted molar refractivity (Wildman–Crippen MR) is 57.0 cm³/mol. The van der Waals surface area contributed by atoms with Gasteiger partial charge in [0.05, 0.1) is 6.54 Å². The number of benzene rings is 1. The lowest BCUT2D eigenvalue weighted by molar-refractivity contribution is 0.456. The Bertz CT molecular complexity index is 634. The molecular formula is C12H6F4N2O. The fraction of sp³-hybridized carbons (Fsp3) is 0.0833. The molecule has 1 aromatic heterocycles. The number of anilines is 1. The Morgan fingerprint density at radius 1 is 1.11 bits per heavy atom. The van der Waals surface area contributed by atoms with E-state index >= 15 is 0 Å². The topological polar surface area (TPSA) is 49.0 Å². The maximum absolute atomic E-state index is 13.3. The first-order valence-corrected chi connectivity index (χ1v) is 5.08. The van der Waals surface area contributed by atoms with E-state index < -0.39 is 29.0 Å². The van der Waals surface area contributed by atoms with E-state index in [9.17, 15) is 17.6 Å². The van der Waals surface area contributed by atoms with E-state index in [0.29, 0.717) is 0 Å². The highest BCUT2D eigenvalue weighted by molar-refractivity contribution is 5.47. The number of halogens is 4. The highest BCUT2D eigenvalue weighted by Crippen LogP contribution is 2.24. The van der Waals surface area contributed by atoms with E-state index in [1.807, 2.05) is 0 Å². The zero-order valence-corrected chi connectivity index (χ0v) is 9.31. The Labute approximate surface area is 105 Å². The molecule has 7 heteroatoms. The van der Waals surface area contributed by atoms with Gasteiger partial charge in [0, 0.05) is 6.07 Å². The van der Waals surface area contributed by atoms with Crippen LogP contribution in [-0.4, -0.2) is 0 Å². The molecule has 0 saturated heterocycles. The van der Waals surface area contributed by atoms with Crippen molar-refractivity contribution >= 4 is 5.69 Å². The minimum absolute atomic E-state index is 0.0168. The summed E-state index contributed by atoms with van der Waals surface area (Å²) in [6, 6.07) is 4.60. The van der Waals surface area contributed by atoms with Gasteiger partial charge in [-0.25, -0.2) is 17.6 Å². The van der Waals surface area contributed by atoms with Gasteiger partial charge in [0.15, 0.2) is 23.3 Å². The predicted octanol–water partition coefficient (Wildman–Crippen LogP) is 3.32. The van der Waals surface area contributed by atoms with E-state index in [-0.39, 0.29) is 24.1 Å². The normalized spacial score (nSPS) is 10.3. The van der Waals surface area contributed by atoms with Gasteiger partial charge in [-0.05, 0) is 12.1 Å². The number of hydrogen-bond acceptors (Lipinski definition) is 3. The molecule has 0 aliphatic rings. The second-order valence-electron chi connectivity index (χ2n) is 3.57. The Hall–Kier alpha value is -2.49. The molecule has 0 radical (unpaired) electrons. The van der Waals surface area contributed by atoms with Crippen LogP contribution in [0.5, 0.6) is 0 Å². The highest BCUT2D eigenvalue weighted by atomic mass is 19.2. The van der Waals surface area contributed by atoms with Crippen LogP contribution in [0.2, 0.25) is 0 Å². The van der Waals surface area contributed by atoms with Gasteiger partial charge in [0.1, 0.15) is 17.5 Å². The summed E-state index contributed by atoms with van der Waals surface area (Å²) in [5.74, 6) is -5.84. The van der Waals surface area contributed by atoms with E-state index in [2.05, 4.69) is 5.32 Å². The van der Waals surface area contributed by atoms with E-state index in [1.165, 1.54) is 12.1 Å². The van der Waals surface area contributed by atoms with Gasteiger partial charge in [0.2, 0.25) is 5.76 Å². The first-order chi connectivity index (χ1) is 9.02. The molecule has 0 aliphatic heterocycles. The van der Waals surface area contributed by atoms with Gasteiger partial charge in [-0.15, -0.1) is 0 Å². The zero-order valence-electron chi connectivity index (χ0n) is 9.31. The summed E-state index contributed by atoms with van der Waals surface area (Å²) in [4.78, 5) is 0. The monoisotopic (exact) mass is 270 g/mol. The lowest BCUT2D eigenvalue weighted by Crippen LogP contribution is -2.06. The fourth-order valence-electron chi connectivity index (χ4n) is 1.44. The van der Waals surface area contributed by atoms with E-state index in [0.717, 1.165) is 0 Å². The number of rotatable bonds is 3. The number of hydrogen-bond donors (Lipinski definition) is 1. The summed E-state index contributed by atoms with van der Waals surface area (Å²) >= 11 is 0. The largest absolute Gasteiger partial charge is 0.449 e. The summed E-state index contributed by atoms with van der Waals surface area (Å²) in [6.45, 7) is -0.224. The average Bonchev–Trinajstić information content (AvgIpc) is 2.84. The molecule has 3 nitrogen and oxygen atoms in total. The fourth-order valence-corrected chi connectivity index (χ4v) is 1.44. The maximum Gasteiger partial charge on any atom is 0.203 e. The van der Waals surface area contributed by atoms with Crippen molar-refractivity contribution < 1.29 is 22.0 Å². The second-order valence-corrected chi connectivity index (χ2v) is 3.57. The molecule has 0 atom stereocenters. The highest BCUT2D eigenvalue weighted by Gasteiger charge is 2.19. The molecule has 0 saturated carbocycles. The molecule has 0 bridgehead atoms. The van der Waals surface area contributed by atoms with Crippen LogP contribution < -0.4 is 5.32 Å². The number of nitrogens with one attached hydrogen (secondary N) is 1. The summed E-state index contributed by atoms with van der Waals surface area (Å²) in [5, 5.41) is 10.7. The van der Waals surface area contributed by atoms with Crippen LogP contribution in [0, 0.1) is 34.6 Å². The van der Waals surface area contributed by atoms with Crippen molar-refractivity contribution in [3.8, 4) is 6.07 Å². The third-order valence-electron chi connectivity index (χ3n) is 2.32. The van der Waals surface area contributed by atoms with Crippen molar-refractivity contribution in [2.24, 2.45) is 0 Å². The van der Waals surface area contributed by atoms with Crippen LogP contribution in [0.1, 0.15) is 11.5 Å². The first-order valence-electron chi connectivity index (χ1n) is 5.08. The lowest BCUT2D eigenvalue weighted by atomic mass is 10.2. The maximum atomic E-state index is 13.3. The van der Waals surface area contributed by atoms with Crippen molar-refractivity contribution in [1.29, 1.82) is 5.26 Å². The van der Waals surface area contributed by atoms with Crippen molar-refractivity contribution in [3.05, 3.63) is 53.0 Å². The van der Waals surface area contributed by atoms with Gasteiger partial charge in [-0.3, -0.25) is 0 Å². The number of nitrogens with zero attached hydrogens (tertiary/aromatic N) is 1. The Morgan fingerprint density at radius 2 is 1.74 bits per heavy atom. The molecule has 1 heterocycles. The van der Waals surface area contributed by atoms with Crippen LogP contribution in [-0.2, 0) is 6.54 Å². The Kier molecular flexibility index (Phi) is 3.42. The molecule has 0 aliphatic carbocycles. The van der Waals surface area contributed by atoms with Crippen LogP contribution in [0.3, 0.4) is 0 Å². The van der Waals surface area contributed by atoms with Crippen LogP contribution >= 0.6 is 0 Å². The molecule has 0 fully saturated rings. The van der Waals surface area contributed by atoms with E-state index in [1.54, 1.807) is 6.07 Å². The summed E-state index contributed by atoms with van der Waals surface area (Å²) < 4.78 is 57.4. The molecule has 1 aromatic carbocycles. The summed E-state index contributed by atoms with van der Waals surface area (Å²) in [6.07, 6.45) is 0. The third-order valence-corrected chi connectivity index (χ3v) is 2.32. The van der Waals surface area contributed by atoms with Crippen molar-refractivity contribution in [2.45, 2.75) is 6.54 Å². The molecule has 98 valence electrons. The van der Waals surface area contributed by atoms with Crippen LogP contribution in [0.15, 0.2) is 22.6 Å². The van der Waals surface area contributed by atoms with Gasteiger partial charge in [-0.2, -0.15) is 5.26 Å². The van der Waals surface area contributed by atoms with Crippen molar-refractivity contribution in [1.82, 2.24) is 0 Å². The van der Waals surface area contributed by atoms with Gasteiger partial charge in [0.25, 0.3) is 0 Å². The van der Waals surface area contributed by atoms with Crippen LogP contribution in [0.4, 0.5) is 23.2 Å². The molecule has 0 spiro atoms. The molecule has 2 rings (SSSR count). The molecular weight excluding hydrogens is 264 g/mol. The smallest absolute Gasteiger partial charge is 0.203 e. The Morgan fingerprint density at radius 3 is 2.26 bits per heavy atom. The molecule has 0 unspecified atom stereocenters. The Balaban J connectivity index is 2.22. The quantitative estimate of drug-likeness (QED) is 0.687. The standard InChI is InChI=1S/C12H6F4N2O/c13-8-3-9(14)11(16)12(10(8)15)18-5-7-2-1-6(4-17)19-7/h1-3,18H,5H2. The van der Waals surface area contributed by atoms with Crippen molar-refractivity contribution in [2.75, 3.05) is 5.32 Å². The number of furan rings is 1. The summed E-state index contributed by atoms with van der Waals surface area (Å²) in [5.41, 5.74) is -0.924. The second kappa shape index (κ2) is 5.02. The third kappa shape index (κ3) is 2.52. The first kappa shape index (κ1) is 13.0. The zero-order chi connectivity index (χ0) is 14.0. The van der Waals surface area contributed by atoms with Gasteiger partial charge < -0.3 is 9.73 Å². The average molecular weight is 270 g/mol.